The van der Waals surface area contributed by atoms with Gasteiger partial charge >= 0.3 is 0 Å². The molecule has 0 saturated carbocycles. The number of aromatic nitrogens is 2. The van der Waals surface area contributed by atoms with Crippen molar-refractivity contribution in [2.45, 2.75) is 30.9 Å². The SMILES string of the molecule is CO[C@@H](CN(C)C(=O)c1cnccn1)[C@@H](C)CN([C@H](C)CO)S(=O)(=O)c1ccccc1. The van der Waals surface area contributed by atoms with E-state index in [9.17, 15) is 18.3 Å². The summed E-state index contributed by atoms with van der Waals surface area (Å²) in [5, 5.41) is 9.67. The molecule has 9 nitrogen and oxygen atoms in total. The van der Waals surface area contributed by atoms with Crippen molar-refractivity contribution >= 4 is 15.9 Å². The lowest BCUT2D eigenvalue weighted by Crippen LogP contribution is -2.47. The summed E-state index contributed by atoms with van der Waals surface area (Å²) in [6.07, 6.45) is 3.88. The number of hydrogen-bond acceptors (Lipinski definition) is 7. The molecule has 0 fully saturated rings. The lowest BCUT2D eigenvalue weighted by Gasteiger charge is -2.33. The highest BCUT2D eigenvalue weighted by atomic mass is 32.2. The first-order valence-electron chi connectivity index (χ1n) is 9.94. The van der Waals surface area contributed by atoms with E-state index < -0.39 is 22.2 Å². The molecule has 1 N–H and O–H groups in total. The zero-order valence-corrected chi connectivity index (χ0v) is 19.1. The molecule has 0 radical (unpaired) electrons. The number of carbonyl (C=O) groups excluding carboxylic acids is 1. The molecule has 170 valence electrons. The molecule has 1 heterocycles. The number of carbonyl (C=O) groups is 1. The summed E-state index contributed by atoms with van der Waals surface area (Å²) in [6, 6.07) is 7.49. The van der Waals surface area contributed by atoms with Crippen LogP contribution >= 0.6 is 0 Å². The molecule has 2 rings (SSSR count). The Labute approximate surface area is 183 Å². The third-order valence-electron chi connectivity index (χ3n) is 5.09. The van der Waals surface area contributed by atoms with Gasteiger partial charge in [-0.1, -0.05) is 25.1 Å². The topological polar surface area (TPSA) is 113 Å². The van der Waals surface area contributed by atoms with Crippen molar-refractivity contribution < 1.29 is 23.1 Å². The van der Waals surface area contributed by atoms with Crippen LogP contribution in [0.4, 0.5) is 0 Å². The van der Waals surface area contributed by atoms with Crippen molar-refractivity contribution in [2.24, 2.45) is 5.92 Å². The number of aliphatic hydroxyl groups excluding tert-OH is 1. The smallest absolute Gasteiger partial charge is 0.273 e. The Morgan fingerprint density at radius 1 is 1.16 bits per heavy atom. The highest BCUT2D eigenvalue weighted by Gasteiger charge is 2.33. The molecule has 1 aromatic carbocycles. The van der Waals surface area contributed by atoms with Crippen LogP contribution in [0.15, 0.2) is 53.8 Å². The molecular formula is C21H30N4O5S. The highest BCUT2D eigenvalue weighted by Crippen LogP contribution is 2.22. The normalized spacial score (nSPS) is 14.8. The van der Waals surface area contributed by atoms with Gasteiger partial charge in [0.1, 0.15) is 5.69 Å². The van der Waals surface area contributed by atoms with Gasteiger partial charge in [-0.25, -0.2) is 13.4 Å². The average Bonchev–Trinajstić information content (AvgIpc) is 2.80. The third kappa shape index (κ3) is 6.30. The minimum atomic E-state index is -3.82. The third-order valence-corrected chi connectivity index (χ3v) is 7.09. The van der Waals surface area contributed by atoms with Gasteiger partial charge in [0.05, 0.1) is 23.8 Å². The Balaban J connectivity index is 2.17. The second-order valence-corrected chi connectivity index (χ2v) is 9.34. The van der Waals surface area contributed by atoms with Crippen LogP contribution in [-0.4, -0.2) is 84.6 Å². The summed E-state index contributed by atoms with van der Waals surface area (Å²) in [5.41, 5.74) is 0.217. The number of amides is 1. The van der Waals surface area contributed by atoms with Crippen molar-refractivity contribution in [1.29, 1.82) is 0 Å². The maximum absolute atomic E-state index is 13.2. The van der Waals surface area contributed by atoms with E-state index in [4.69, 9.17) is 4.74 Å². The van der Waals surface area contributed by atoms with Crippen LogP contribution in [0, 0.1) is 5.92 Å². The Morgan fingerprint density at radius 2 is 1.84 bits per heavy atom. The van der Waals surface area contributed by atoms with Crippen LogP contribution in [-0.2, 0) is 14.8 Å². The molecule has 0 saturated heterocycles. The molecule has 1 amide bonds. The molecule has 2 aromatic rings. The van der Waals surface area contributed by atoms with Crippen molar-refractivity contribution in [1.82, 2.24) is 19.2 Å². The summed E-state index contributed by atoms with van der Waals surface area (Å²) >= 11 is 0. The lowest BCUT2D eigenvalue weighted by molar-refractivity contribution is 0.0219. The predicted molar refractivity (Wildman–Crippen MR) is 116 cm³/mol. The molecule has 0 bridgehead atoms. The first-order valence-corrected chi connectivity index (χ1v) is 11.4. The Morgan fingerprint density at radius 3 is 2.39 bits per heavy atom. The molecule has 0 aliphatic rings. The van der Waals surface area contributed by atoms with Crippen LogP contribution in [0.1, 0.15) is 24.3 Å². The van der Waals surface area contributed by atoms with Crippen LogP contribution in [0.2, 0.25) is 0 Å². The maximum Gasteiger partial charge on any atom is 0.273 e. The van der Waals surface area contributed by atoms with E-state index in [-0.39, 0.29) is 42.1 Å². The molecule has 1 aromatic heterocycles. The summed E-state index contributed by atoms with van der Waals surface area (Å²) < 4.78 is 33.2. The van der Waals surface area contributed by atoms with Crippen LogP contribution in [0.3, 0.4) is 0 Å². The fourth-order valence-electron chi connectivity index (χ4n) is 3.18. The molecule has 31 heavy (non-hydrogen) atoms. The monoisotopic (exact) mass is 450 g/mol. The Kier molecular flexibility index (Phi) is 9.05. The summed E-state index contributed by atoms with van der Waals surface area (Å²) in [4.78, 5) is 22.1. The van der Waals surface area contributed by atoms with Crippen molar-refractivity contribution in [3.63, 3.8) is 0 Å². The molecule has 0 aliphatic heterocycles. The first-order chi connectivity index (χ1) is 14.7. The second kappa shape index (κ2) is 11.3. The van der Waals surface area contributed by atoms with E-state index in [1.54, 1.807) is 32.2 Å². The van der Waals surface area contributed by atoms with Crippen LogP contribution in [0.5, 0.6) is 0 Å². The molecule has 0 spiro atoms. The predicted octanol–water partition coefficient (Wildman–Crippen LogP) is 1.27. The highest BCUT2D eigenvalue weighted by molar-refractivity contribution is 7.89. The largest absolute Gasteiger partial charge is 0.395 e. The van der Waals surface area contributed by atoms with Crippen LogP contribution in [0.25, 0.3) is 0 Å². The number of methoxy groups -OCH3 is 1. The van der Waals surface area contributed by atoms with E-state index in [0.29, 0.717) is 0 Å². The summed E-state index contributed by atoms with van der Waals surface area (Å²) in [7, 11) is -0.667. The lowest BCUT2D eigenvalue weighted by atomic mass is 10.0. The van der Waals surface area contributed by atoms with Gasteiger partial charge in [-0.3, -0.25) is 9.78 Å². The van der Waals surface area contributed by atoms with E-state index >= 15 is 0 Å². The maximum atomic E-state index is 13.2. The van der Waals surface area contributed by atoms with Gasteiger partial charge in [0.25, 0.3) is 5.91 Å². The second-order valence-electron chi connectivity index (χ2n) is 7.45. The quantitative estimate of drug-likeness (QED) is 0.548. The van der Waals surface area contributed by atoms with Gasteiger partial charge in [0.2, 0.25) is 10.0 Å². The van der Waals surface area contributed by atoms with Gasteiger partial charge in [0.15, 0.2) is 0 Å². The van der Waals surface area contributed by atoms with Gasteiger partial charge in [-0.05, 0) is 25.0 Å². The molecule has 3 atom stereocenters. The number of benzene rings is 1. The number of rotatable bonds is 11. The molecule has 0 unspecified atom stereocenters. The Bertz CT molecular complexity index is 927. The molecule has 10 heteroatoms. The fraction of sp³-hybridized carbons (Fsp3) is 0.476. The number of nitrogens with zero attached hydrogens (tertiary/aromatic N) is 4. The molecule has 0 aliphatic carbocycles. The van der Waals surface area contributed by atoms with Crippen molar-refractivity contribution in [3.8, 4) is 0 Å². The number of ether oxygens (including phenoxy) is 1. The van der Waals surface area contributed by atoms with E-state index in [0.717, 1.165) is 0 Å². The number of likely N-dealkylation sites (N-methyl/N-ethyl adjacent to an activating group) is 1. The minimum absolute atomic E-state index is 0.116. The van der Waals surface area contributed by atoms with Crippen molar-refractivity contribution in [3.05, 3.63) is 54.6 Å². The van der Waals surface area contributed by atoms with E-state index in [2.05, 4.69) is 9.97 Å². The minimum Gasteiger partial charge on any atom is -0.395 e. The standard InChI is InChI=1S/C21H30N4O5S/c1-16(20(30-4)14-24(3)21(27)19-12-22-10-11-23-19)13-25(17(2)15-26)31(28,29)18-8-6-5-7-9-18/h5-12,16-17,20,26H,13-15H2,1-4H3/t16-,17+,20-/m0/s1. The number of sulfonamides is 1. The van der Waals surface area contributed by atoms with Crippen LogP contribution < -0.4 is 0 Å². The molecular weight excluding hydrogens is 420 g/mol. The summed E-state index contributed by atoms with van der Waals surface area (Å²) in [5.74, 6) is -0.575. The van der Waals surface area contributed by atoms with Gasteiger partial charge in [0, 0.05) is 45.7 Å². The Hall–Kier alpha value is -2.40. The van der Waals surface area contributed by atoms with Gasteiger partial charge < -0.3 is 14.7 Å². The zero-order chi connectivity index (χ0) is 23.0. The number of aliphatic hydroxyl groups is 1. The van der Waals surface area contributed by atoms with E-state index in [1.807, 2.05) is 6.92 Å². The van der Waals surface area contributed by atoms with Gasteiger partial charge in [-0.2, -0.15) is 4.31 Å². The van der Waals surface area contributed by atoms with Gasteiger partial charge in [-0.15, -0.1) is 0 Å². The summed E-state index contributed by atoms with van der Waals surface area (Å²) in [6.45, 7) is 3.54. The fourth-order valence-corrected chi connectivity index (χ4v) is 4.92. The first kappa shape index (κ1) is 24.9. The number of hydrogen-bond donors (Lipinski definition) is 1. The van der Waals surface area contributed by atoms with Crippen molar-refractivity contribution in [2.75, 3.05) is 33.9 Å². The van der Waals surface area contributed by atoms with E-state index in [1.165, 1.54) is 47.0 Å². The zero-order valence-electron chi connectivity index (χ0n) is 18.2. The average molecular weight is 451 g/mol.